The lowest BCUT2D eigenvalue weighted by Crippen LogP contribution is -2.33. The molecule has 2 aliphatic heterocycles. The van der Waals surface area contributed by atoms with E-state index in [1.807, 2.05) is 72.6 Å². The van der Waals surface area contributed by atoms with Crippen molar-refractivity contribution in [2.75, 3.05) is 20.3 Å². The van der Waals surface area contributed by atoms with Crippen LogP contribution in [0.25, 0.3) is 0 Å². The van der Waals surface area contributed by atoms with Crippen LogP contribution in [-0.2, 0) is 0 Å². The molecule has 3 aromatic carbocycles. The van der Waals surface area contributed by atoms with Crippen LogP contribution in [0.15, 0.2) is 78.4 Å². The largest absolute Gasteiger partial charge is 0.494 e. The number of rotatable bonds is 8. The second-order valence-corrected chi connectivity index (χ2v) is 8.70. The highest BCUT2D eigenvalue weighted by Crippen LogP contribution is 2.49. The third-order valence-corrected chi connectivity index (χ3v) is 6.32. The van der Waals surface area contributed by atoms with Gasteiger partial charge in [-0.1, -0.05) is 24.3 Å². The summed E-state index contributed by atoms with van der Waals surface area (Å²) in [5.41, 5.74) is 3.97. The monoisotopic (exact) mass is 490 g/mol. The summed E-state index contributed by atoms with van der Waals surface area (Å²) in [6.07, 6.45) is 2.00. The van der Waals surface area contributed by atoms with E-state index in [2.05, 4.69) is 6.58 Å². The maximum absolute atomic E-state index is 6.47. The summed E-state index contributed by atoms with van der Waals surface area (Å²) in [6, 6.07) is 19.6. The lowest BCUT2D eigenvalue weighted by atomic mass is 9.96. The second kappa shape index (κ2) is 9.92. The van der Waals surface area contributed by atoms with E-state index in [4.69, 9.17) is 35.6 Å². The molecule has 6 nitrogen and oxygen atoms in total. The zero-order chi connectivity index (χ0) is 24.4. The van der Waals surface area contributed by atoms with Gasteiger partial charge in [0, 0.05) is 22.6 Å². The van der Waals surface area contributed by atoms with E-state index < -0.39 is 6.23 Å². The van der Waals surface area contributed by atoms with Crippen LogP contribution in [0.3, 0.4) is 0 Å². The van der Waals surface area contributed by atoms with Crippen molar-refractivity contribution in [3.05, 3.63) is 95.0 Å². The Morgan fingerprint density at radius 2 is 1.91 bits per heavy atom. The summed E-state index contributed by atoms with van der Waals surface area (Å²) in [7, 11) is 1.62. The Balaban J connectivity index is 1.53. The number of hydrazone groups is 1. The molecule has 0 N–H and O–H groups in total. The maximum atomic E-state index is 6.47. The van der Waals surface area contributed by atoms with E-state index in [-0.39, 0.29) is 6.04 Å². The van der Waals surface area contributed by atoms with Crippen molar-refractivity contribution in [3.8, 4) is 23.0 Å². The van der Waals surface area contributed by atoms with Crippen molar-refractivity contribution >= 4 is 17.3 Å². The SMILES string of the molecule is C=CCOc1ccc([C@@H]2Oc3ccc(Cl)cc3[C@H]3CC(c4ccc(OCC)cc4)=NN32)cc1OC. The summed E-state index contributed by atoms with van der Waals surface area (Å²) in [5, 5.41) is 7.71. The number of hydrogen-bond donors (Lipinski definition) is 0. The first kappa shape index (κ1) is 23.1. The molecule has 0 unspecified atom stereocenters. The van der Waals surface area contributed by atoms with Gasteiger partial charge in [-0.05, 0) is 73.2 Å². The number of hydrogen-bond acceptors (Lipinski definition) is 6. The molecule has 0 aromatic heterocycles. The van der Waals surface area contributed by atoms with Crippen molar-refractivity contribution in [1.82, 2.24) is 5.01 Å². The zero-order valence-electron chi connectivity index (χ0n) is 19.7. The first-order valence-corrected chi connectivity index (χ1v) is 12.0. The Morgan fingerprint density at radius 3 is 2.66 bits per heavy atom. The lowest BCUT2D eigenvalue weighted by molar-refractivity contribution is -0.0191. The van der Waals surface area contributed by atoms with Crippen LogP contribution in [-0.4, -0.2) is 31.0 Å². The molecule has 0 bridgehead atoms. The van der Waals surface area contributed by atoms with Gasteiger partial charge in [0.05, 0.1) is 25.5 Å². The van der Waals surface area contributed by atoms with Gasteiger partial charge < -0.3 is 18.9 Å². The molecule has 5 rings (SSSR count). The highest BCUT2D eigenvalue weighted by atomic mass is 35.5. The predicted molar refractivity (Wildman–Crippen MR) is 137 cm³/mol. The van der Waals surface area contributed by atoms with E-state index in [1.165, 1.54) is 0 Å². The number of benzene rings is 3. The minimum absolute atomic E-state index is 0.00768. The summed E-state index contributed by atoms with van der Waals surface area (Å²) >= 11 is 6.36. The topological polar surface area (TPSA) is 52.5 Å². The van der Waals surface area contributed by atoms with Gasteiger partial charge in [0.1, 0.15) is 18.1 Å². The van der Waals surface area contributed by atoms with Crippen LogP contribution in [0.4, 0.5) is 0 Å². The van der Waals surface area contributed by atoms with Crippen molar-refractivity contribution in [3.63, 3.8) is 0 Å². The standard InChI is InChI=1S/C28H27ClN2O4/c1-4-14-34-26-12-8-19(15-27(26)32-3)28-31-24(22-16-20(29)9-13-25(22)35-28)17-23(30-31)18-6-10-21(11-7-18)33-5-2/h4,6-13,15-16,24,28H,1,5,14,17H2,2-3H3/t24-,28+/m1/s1. The van der Waals surface area contributed by atoms with E-state index in [9.17, 15) is 0 Å². The number of nitrogens with zero attached hydrogens (tertiary/aromatic N) is 2. The zero-order valence-corrected chi connectivity index (χ0v) is 20.5. The van der Waals surface area contributed by atoms with E-state index in [0.717, 1.165) is 40.3 Å². The summed E-state index contributed by atoms with van der Waals surface area (Å²) in [6.45, 7) is 6.71. The Kier molecular flexibility index (Phi) is 6.55. The van der Waals surface area contributed by atoms with Crippen LogP contribution in [0.2, 0.25) is 5.02 Å². The van der Waals surface area contributed by atoms with Crippen molar-refractivity contribution in [1.29, 1.82) is 0 Å². The summed E-state index contributed by atoms with van der Waals surface area (Å²) in [5.74, 6) is 2.92. The minimum atomic E-state index is -0.434. The summed E-state index contributed by atoms with van der Waals surface area (Å²) < 4.78 is 23.4. The average molecular weight is 491 g/mol. The highest BCUT2D eigenvalue weighted by molar-refractivity contribution is 6.30. The lowest BCUT2D eigenvalue weighted by Gasteiger charge is -2.38. The molecule has 3 aromatic rings. The molecule has 180 valence electrons. The van der Waals surface area contributed by atoms with Crippen LogP contribution in [0, 0.1) is 0 Å². The fourth-order valence-corrected chi connectivity index (χ4v) is 4.65. The molecular formula is C28H27ClN2O4. The van der Waals surface area contributed by atoms with Crippen LogP contribution >= 0.6 is 11.6 Å². The third-order valence-electron chi connectivity index (χ3n) is 6.08. The van der Waals surface area contributed by atoms with E-state index in [0.29, 0.717) is 29.7 Å². The fourth-order valence-electron chi connectivity index (χ4n) is 4.47. The van der Waals surface area contributed by atoms with Crippen molar-refractivity contribution in [2.45, 2.75) is 25.6 Å². The molecule has 35 heavy (non-hydrogen) atoms. The van der Waals surface area contributed by atoms with E-state index >= 15 is 0 Å². The van der Waals surface area contributed by atoms with Gasteiger partial charge in [-0.15, -0.1) is 0 Å². The number of ether oxygens (including phenoxy) is 4. The van der Waals surface area contributed by atoms with Crippen molar-refractivity contribution in [2.24, 2.45) is 5.10 Å². The van der Waals surface area contributed by atoms with Gasteiger partial charge in [0.15, 0.2) is 11.5 Å². The minimum Gasteiger partial charge on any atom is -0.494 e. The molecule has 0 amide bonds. The Hall–Kier alpha value is -3.64. The number of methoxy groups -OCH3 is 1. The number of halogens is 1. The fraction of sp³-hybridized carbons (Fsp3) is 0.250. The molecule has 0 radical (unpaired) electrons. The molecule has 0 fully saturated rings. The number of fused-ring (bicyclic) bond motifs is 3. The van der Waals surface area contributed by atoms with Gasteiger partial charge in [-0.2, -0.15) is 5.10 Å². The summed E-state index contributed by atoms with van der Waals surface area (Å²) in [4.78, 5) is 0. The molecule has 0 spiro atoms. The Morgan fingerprint density at radius 1 is 1.09 bits per heavy atom. The van der Waals surface area contributed by atoms with Crippen LogP contribution in [0.5, 0.6) is 23.0 Å². The molecule has 0 aliphatic carbocycles. The molecule has 7 heteroatoms. The van der Waals surface area contributed by atoms with Gasteiger partial charge in [-0.3, -0.25) is 0 Å². The molecule has 2 atom stereocenters. The molecule has 0 saturated carbocycles. The maximum Gasteiger partial charge on any atom is 0.214 e. The highest BCUT2D eigenvalue weighted by Gasteiger charge is 2.41. The van der Waals surface area contributed by atoms with Gasteiger partial charge >= 0.3 is 0 Å². The molecule has 0 saturated heterocycles. The Labute approximate surface area is 210 Å². The average Bonchev–Trinajstić information content (AvgIpc) is 3.33. The quantitative estimate of drug-likeness (QED) is 0.335. The van der Waals surface area contributed by atoms with Crippen LogP contribution < -0.4 is 18.9 Å². The van der Waals surface area contributed by atoms with Gasteiger partial charge in [0.2, 0.25) is 6.23 Å². The third kappa shape index (κ3) is 4.54. The molecule has 2 aliphatic rings. The van der Waals surface area contributed by atoms with E-state index in [1.54, 1.807) is 13.2 Å². The predicted octanol–water partition coefficient (Wildman–Crippen LogP) is 6.55. The smallest absolute Gasteiger partial charge is 0.214 e. The Bertz CT molecular complexity index is 1260. The van der Waals surface area contributed by atoms with Gasteiger partial charge in [0.25, 0.3) is 0 Å². The molecule has 2 heterocycles. The van der Waals surface area contributed by atoms with Crippen LogP contribution in [0.1, 0.15) is 42.3 Å². The first-order chi connectivity index (χ1) is 17.1. The first-order valence-electron chi connectivity index (χ1n) is 11.6. The van der Waals surface area contributed by atoms with Crippen molar-refractivity contribution < 1.29 is 18.9 Å². The molecular weight excluding hydrogens is 464 g/mol. The second-order valence-electron chi connectivity index (χ2n) is 8.27. The normalized spacial score (nSPS) is 18.1. The van der Waals surface area contributed by atoms with Gasteiger partial charge in [-0.25, -0.2) is 5.01 Å².